The van der Waals surface area contributed by atoms with Crippen LogP contribution >= 0.6 is 11.3 Å². The zero-order chi connectivity index (χ0) is 17.3. The van der Waals surface area contributed by atoms with Crippen molar-refractivity contribution in [2.45, 2.75) is 26.7 Å². The van der Waals surface area contributed by atoms with Gasteiger partial charge in [0.05, 0.1) is 17.7 Å². The lowest BCUT2D eigenvalue weighted by Crippen LogP contribution is -2.26. The number of nitrogens with zero attached hydrogens (tertiary/aromatic N) is 1. The number of aromatic nitrogens is 1. The summed E-state index contributed by atoms with van der Waals surface area (Å²) in [6, 6.07) is 6.67. The molecule has 3 rings (SSSR count). The summed E-state index contributed by atoms with van der Waals surface area (Å²) in [5.41, 5.74) is 1.31. The number of ketones is 1. The van der Waals surface area contributed by atoms with E-state index in [2.05, 4.69) is 29.5 Å². The van der Waals surface area contributed by atoms with Crippen molar-refractivity contribution >= 4 is 34.0 Å². The molecule has 0 saturated carbocycles. The number of methoxy groups -OCH3 is 1. The first kappa shape index (κ1) is 16.4. The van der Waals surface area contributed by atoms with Crippen LogP contribution in [0.25, 0.3) is 0 Å². The molecule has 6 nitrogen and oxygen atoms in total. The van der Waals surface area contributed by atoms with Gasteiger partial charge in [0, 0.05) is 18.2 Å². The monoisotopic (exact) mass is 345 g/mol. The molecule has 1 aromatic carbocycles. The first-order chi connectivity index (χ1) is 11.4. The van der Waals surface area contributed by atoms with Crippen LogP contribution in [0.5, 0.6) is 5.75 Å². The number of anilines is 2. The van der Waals surface area contributed by atoms with Crippen molar-refractivity contribution < 1.29 is 14.3 Å². The number of urea groups is 1. The molecule has 0 aliphatic heterocycles. The Balaban J connectivity index is 1.70. The molecular formula is C17H19N3O3S. The van der Waals surface area contributed by atoms with Gasteiger partial charge in [-0.3, -0.25) is 10.1 Å². The third-order valence-corrected chi connectivity index (χ3v) is 4.84. The van der Waals surface area contributed by atoms with Gasteiger partial charge in [0.15, 0.2) is 10.9 Å². The summed E-state index contributed by atoms with van der Waals surface area (Å²) in [6.45, 7) is 4.10. The molecule has 0 radical (unpaired) electrons. The van der Waals surface area contributed by atoms with Crippen molar-refractivity contribution in [1.29, 1.82) is 0 Å². The van der Waals surface area contributed by atoms with E-state index in [0.717, 1.165) is 12.1 Å². The number of Topliss-reactive ketones (excluding diaryl/α,β-unsaturated/α-hetero) is 1. The van der Waals surface area contributed by atoms with Crippen LogP contribution in [0.15, 0.2) is 24.3 Å². The summed E-state index contributed by atoms with van der Waals surface area (Å²) in [5, 5.41) is 5.86. The van der Waals surface area contributed by atoms with Crippen LogP contribution in [0.1, 0.15) is 35.6 Å². The summed E-state index contributed by atoms with van der Waals surface area (Å²) in [4.78, 5) is 29.4. The van der Waals surface area contributed by atoms with Gasteiger partial charge >= 0.3 is 6.03 Å². The number of hydrogen-bond acceptors (Lipinski definition) is 5. The van der Waals surface area contributed by atoms with Gasteiger partial charge in [0.25, 0.3) is 0 Å². The van der Waals surface area contributed by atoms with Gasteiger partial charge in [-0.15, -0.1) is 0 Å². The number of thiazole rings is 1. The number of amides is 2. The van der Waals surface area contributed by atoms with Crippen molar-refractivity contribution in [1.82, 2.24) is 4.98 Å². The summed E-state index contributed by atoms with van der Waals surface area (Å²) in [7, 11) is 1.57. The molecule has 0 spiro atoms. The first-order valence-corrected chi connectivity index (χ1v) is 8.43. The molecule has 0 atom stereocenters. The lowest BCUT2D eigenvalue weighted by molar-refractivity contribution is 0.0916. The fraction of sp³-hybridized carbons (Fsp3) is 0.353. The average molecular weight is 345 g/mol. The molecule has 1 aliphatic carbocycles. The third-order valence-electron chi connectivity index (χ3n) is 3.78. The highest BCUT2D eigenvalue weighted by molar-refractivity contribution is 7.17. The van der Waals surface area contributed by atoms with Crippen LogP contribution in [0.3, 0.4) is 0 Å². The second-order valence-electron chi connectivity index (χ2n) is 6.55. The minimum Gasteiger partial charge on any atom is -0.497 e. The largest absolute Gasteiger partial charge is 0.497 e. The van der Waals surface area contributed by atoms with E-state index in [1.807, 2.05) is 0 Å². The maximum Gasteiger partial charge on any atom is 0.325 e. The van der Waals surface area contributed by atoms with Gasteiger partial charge in [0.2, 0.25) is 0 Å². The van der Waals surface area contributed by atoms with E-state index in [1.54, 1.807) is 31.4 Å². The van der Waals surface area contributed by atoms with Crippen LogP contribution in [0, 0.1) is 5.41 Å². The Morgan fingerprint density at radius 2 is 2.08 bits per heavy atom. The molecule has 2 amide bonds. The number of carbonyl (C=O) groups excluding carboxylic acids is 2. The van der Waals surface area contributed by atoms with E-state index in [-0.39, 0.29) is 11.2 Å². The van der Waals surface area contributed by atoms with Gasteiger partial charge in [-0.05, 0) is 24.0 Å². The Morgan fingerprint density at radius 3 is 2.83 bits per heavy atom. The molecule has 2 N–H and O–H groups in total. The molecule has 1 heterocycles. The third kappa shape index (κ3) is 3.56. The van der Waals surface area contributed by atoms with Gasteiger partial charge in [-0.25, -0.2) is 9.78 Å². The molecule has 1 aliphatic rings. The molecule has 0 bridgehead atoms. The predicted molar refractivity (Wildman–Crippen MR) is 94.2 cm³/mol. The molecular weight excluding hydrogens is 326 g/mol. The van der Waals surface area contributed by atoms with Crippen molar-refractivity contribution in [3.05, 3.63) is 34.8 Å². The smallest absolute Gasteiger partial charge is 0.325 e. The normalized spacial score (nSPS) is 15.5. The molecule has 1 aromatic heterocycles. The Morgan fingerprint density at radius 1 is 1.29 bits per heavy atom. The number of fused-ring (bicyclic) bond motifs is 1. The molecule has 0 fully saturated rings. The Bertz CT molecular complexity index is 798. The Kier molecular flexibility index (Phi) is 4.28. The number of benzene rings is 1. The highest BCUT2D eigenvalue weighted by Crippen LogP contribution is 2.38. The van der Waals surface area contributed by atoms with Crippen LogP contribution < -0.4 is 15.4 Å². The summed E-state index contributed by atoms with van der Waals surface area (Å²) >= 11 is 1.23. The fourth-order valence-corrected chi connectivity index (χ4v) is 3.65. The summed E-state index contributed by atoms with van der Waals surface area (Å²) < 4.78 is 5.12. The summed E-state index contributed by atoms with van der Waals surface area (Å²) in [5.74, 6) is 0.755. The van der Waals surface area contributed by atoms with Gasteiger partial charge in [0.1, 0.15) is 5.75 Å². The number of rotatable bonds is 3. The zero-order valence-corrected chi connectivity index (χ0v) is 14.6. The number of carbonyl (C=O) groups is 2. The second-order valence-corrected chi connectivity index (χ2v) is 7.55. The van der Waals surface area contributed by atoms with E-state index >= 15 is 0 Å². The van der Waals surface area contributed by atoms with E-state index in [1.165, 1.54) is 11.3 Å². The van der Waals surface area contributed by atoms with E-state index < -0.39 is 6.03 Å². The van der Waals surface area contributed by atoms with Gasteiger partial charge in [-0.2, -0.15) is 0 Å². The fourth-order valence-electron chi connectivity index (χ4n) is 2.73. The maximum absolute atomic E-state index is 12.2. The highest BCUT2D eigenvalue weighted by atomic mass is 32.1. The van der Waals surface area contributed by atoms with Crippen molar-refractivity contribution in [2.24, 2.45) is 5.41 Å². The lowest BCUT2D eigenvalue weighted by atomic mass is 9.78. The lowest BCUT2D eigenvalue weighted by Gasteiger charge is -2.26. The van der Waals surface area contributed by atoms with Crippen molar-refractivity contribution in [3.63, 3.8) is 0 Å². The van der Waals surface area contributed by atoms with Crippen LogP contribution in [-0.2, 0) is 6.42 Å². The predicted octanol–water partition coefficient (Wildman–Crippen LogP) is 3.95. The standard InChI is InChI=1S/C17H19N3O3S/c1-17(2)8-12-14(13(21)9-17)24-16(19-12)20-15(22)18-10-5-4-6-11(7-10)23-3/h4-7H,8-9H2,1-3H3,(H2,18,19,20,22). The topological polar surface area (TPSA) is 80.3 Å². The molecule has 2 aromatic rings. The Hall–Kier alpha value is -2.41. The van der Waals surface area contributed by atoms with E-state index in [0.29, 0.717) is 27.9 Å². The Labute approximate surface area is 144 Å². The molecule has 0 saturated heterocycles. The van der Waals surface area contributed by atoms with Crippen LogP contribution in [0.2, 0.25) is 0 Å². The highest BCUT2D eigenvalue weighted by Gasteiger charge is 2.34. The quantitative estimate of drug-likeness (QED) is 0.882. The second kappa shape index (κ2) is 6.24. The number of nitrogens with one attached hydrogen (secondary N) is 2. The van der Waals surface area contributed by atoms with Crippen molar-refractivity contribution in [3.8, 4) is 5.75 Å². The molecule has 7 heteroatoms. The number of ether oxygens (including phenoxy) is 1. The van der Waals surface area contributed by atoms with E-state index in [9.17, 15) is 9.59 Å². The summed E-state index contributed by atoms with van der Waals surface area (Å²) in [6.07, 6.45) is 1.25. The van der Waals surface area contributed by atoms with E-state index in [4.69, 9.17) is 4.74 Å². The molecule has 24 heavy (non-hydrogen) atoms. The average Bonchev–Trinajstić information content (AvgIpc) is 2.88. The molecule has 126 valence electrons. The van der Waals surface area contributed by atoms with Crippen molar-refractivity contribution in [2.75, 3.05) is 17.7 Å². The molecule has 0 unspecified atom stereocenters. The maximum atomic E-state index is 12.2. The van der Waals surface area contributed by atoms with Crippen LogP contribution in [0.4, 0.5) is 15.6 Å². The zero-order valence-electron chi connectivity index (χ0n) is 13.8. The first-order valence-electron chi connectivity index (χ1n) is 7.61. The van der Waals surface area contributed by atoms with Crippen LogP contribution in [-0.4, -0.2) is 23.9 Å². The minimum absolute atomic E-state index is 0.0850. The van der Waals surface area contributed by atoms with Gasteiger partial charge in [-0.1, -0.05) is 31.3 Å². The number of hydrogen-bond donors (Lipinski definition) is 2. The van der Waals surface area contributed by atoms with Gasteiger partial charge < -0.3 is 10.1 Å². The minimum atomic E-state index is -0.402. The SMILES string of the molecule is COc1cccc(NC(=O)Nc2nc3c(s2)C(=O)CC(C)(C)C3)c1.